The molecule has 7 nitrogen and oxygen atoms in total. The van der Waals surface area contributed by atoms with Crippen LogP contribution in [0.3, 0.4) is 0 Å². The van der Waals surface area contributed by atoms with Crippen molar-refractivity contribution in [3.05, 3.63) is 58.4 Å². The number of aromatic nitrogens is 2. The molecule has 3 rings (SSSR count). The van der Waals surface area contributed by atoms with E-state index in [1.807, 2.05) is 0 Å². The molecule has 0 unspecified atom stereocenters. The van der Waals surface area contributed by atoms with E-state index in [4.69, 9.17) is 4.74 Å². The number of carboxylic acids is 1. The van der Waals surface area contributed by atoms with E-state index in [-0.39, 0.29) is 22.3 Å². The van der Waals surface area contributed by atoms with Crippen molar-refractivity contribution in [2.45, 2.75) is 6.36 Å². The lowest BCUT2D eigenvalue weighted by Gasteiger charge is -2.14. The first-order valence-electron chi connectivity index (χ1n) is 7.41. The number of hydrogen-bond donors (Lipinski definition) is 1. The molecule has 0 radical (unpaired) electrons. The fourth-order valence-electron chi connectivity index (χ4n) is 2.54. The van der Waals surface area contributed by atoms with E-state index < -0.39 is 29.2 Å². The van der Waals surface area contributed by atoms with Crippen LogP contribution in [-0.2, 0) is 0 Å². The maximum atomic E-state index is 12.5. The van der Waals surface area contributed by atoms with Crippen LogP contribution in [-0.4, -0.2) is 34.3 Å². The smallest absolute Gasteiger partial charge is 0.496 e. The first-order valence-corrected chi connectivity index (χ1v) is 7.41. The molecule has 0 aliphatic rings. The second-order valence-corrected chi connectivity index (χ2v) is 5.29. The van der Waals surface area contributed by atoms with Gasteiger partial charge >= 0.3 is 12.3 Å². The van der Waals surface area contributed by atoms with E-state index in [9.17, 15) is 27.9 Å². The van der Waals surface area contributed by atoms with E-state index >= 15 is 0 Å². The van der Waals surface area contributed by atoms with Crippen LogP contribution in [0.15, 0.2) is 47.3 Å². The Kier molecular flexibility index (Phi) is 4.48. The molecular formula is C17H11F3N2O5. The first kappa shape index (κ1) is 18.2. The van der Waals surface area contributed by atoms with Gasteiger partial charge in [-0.3, -0.25) is 4.79 Å². The molecule has 0 aliphatic heterocycles. The molecule has 0 spiro atoms. The van der Waals surface area contributed by atoms with Crippen LogP contribution in [0, 0.1) is 0 Å². The van der Waals surface area contributed by atoms with Crippen LogP contribution in [0.4, 0.5) is 13.2 Å². The third kappa shape index (κ3) is 3.54. The Bertz CT molecular complexity index is 1070. The number of alkyl halides is 3. The highest BCUT2D eigenvalue weighted by molar-refractivity contribution is 5.93. The zero-order valence-corrected chi connectivity index (χ0v) is 13.6. The Morgan fingerprint density at radius 1 is 1.15 bits per heavy atom. The van der Waals surface area contributed by atoms with E-state index in [0.29, 0.717) is 0 Å². The quantitative estimate of drug-likeness (QED) is 0.748. The van der Waals surface area contributed by atoms with Gasteiger partial charge in [0.15, 0.2) is 0 Å². The number of aromatic carboxylic acids is 1. The van der Waals surface area contributed by atoms with Gasteiger partial charge in [-0.25, -0.2) is 9.48 Å². The van der Waals surface area contributed by atoms with E-state index in [1.54, 1.807) is 6.07 Å². The topological polar surface area (TPSA) is 90.7 Å². The summed E-state index contributed by atoms with van der Waals surface area (Å²) in [6.45, 7) is 0. The summed E-state index contributed by atoms with van der Waals surface area (Å²) in [5, 5.41) is 13.1. The van der Waals surface area contributed by atoms with Crippen molar-refractivity contribution in [1.29, 1.82) is 0 Å². The largest absolute Gasteiger partial charge is 0.573 e. The molecule has 3 aromatic rings. The maximum Gasteiger partial charge on any atom is 0.573 e. The number of halogens is 3. The zero-order chi connectivity index (χ0) is 19.8. The lowest BCUT2D eigenvalue weighted by atomic mass is 10.1. The number of rotatable bonds is 4. The molecule has 0 fully saturated rings. The lowest BCUT2D eigenvalue weighted by molar-refractivity contribution is -0.274. The number of carboxylic acid groups (broad SMARTS) is 1. The minimum Gasteiger partial charge on any atom is -0.496 e. The summed E-state index contributed by atoms with van der Waals surface area (Å²) in [7, 11) is 1.32. The summed E-state index contributed by atoms with van der Waals surface area (Å²) in [6, 6.07) is 9.18. The molecule has 140 valence electrons. The molecule has 0 bridgehead atoms. The molecule has 1 N–H and O–H groups in total. The van der Waals surface area contributed by atoms with Gasteiger partial charge in [0.25, 0.3) is 0 Å². The Labute approximate surface area is 149 Å². The van der Waals surface area contributed by atoms with Crippen LogP contribution in [0.2, 0.25) is 0 Å². The molecule has 0 saturated heterocycles. The Morgan fingerprint density at radius 3 is 2.37 bits per heavy atom. The first-order chi connectivity index (χ1) is 12.7. The van der Waals surface area contributed by atoms with Gasteiger partial charge in [0, 0.05) is 0 Å². The standard InChI is InChI=1S/C17H11F3N2O5/c1-26-12-4-2-3-11-13(12)15(23)14(16(24)25)21-22(11)9-5-7-10(8-6-9)27-17(18,19)20/h2-8H,1H3,(H,24,25). The molecule has 1 aromatic heterocycles. The van der Waals surface area contributed by atoms with Crippen LogP contribution >= 0.6 is 0 Å². The number of benzene rings is 2. The molecule has 0 amide bonds. The Hall–Kier alpha value is -3.56. The molecule has 2 aromatic carbocycles. The van der Waals surface area contributed by atoms with Crippen molar-refractivity contribution in [1.82, 2.24) is 9.78 Å². The number of fused-ring (bicyclic) bond motifs is 1. The van der Waals surface area contributed by atoms with E-state index in [1.165, 1.54) is 31.4 Å². The normalized spacial score (nSPS) is 11.4. The fourth-order valence-corrected chi connectivity index (χ4v) is 2.54. The Morgan fingerprint density at radius 2 is 1.81 bits per heavy atom. The zero-order valence-electron chi connectivity index (χ0n) is 13.6. The fraction of sp³-hybridized carbons (Fsp3) is 0.118. The van der Waals surface area contributed by atoms with Gasteiger partial charge in [-0.15, -0.1) is 13.2 Å². The van der Waals surface area contributed by atoms with E-state index in [2.05, 4.69) is 9.84 Å². The molecule has 27 heavy (non-hydrogen) atoms. The van der Waals surface area contributed by atoms with Crippen LogP contribution in [0.1, 0.15) is 10.5 Å². The van der Waals surface area contributed by atoms with Gasteiger partial charge in [0.1, 0.15) is 11.5 Å². The molecule has 1 heterocycles. The van der Waals surface area contributed by atoms with Gasteiger partial charge in [0.05, 0.1) is 23.7 Å². The van der Waals surface area contributed by atoms with Crippen molar-refractivity contribution in [2.24, 2.45) is 0 Å². The number of nitrogens with zero attached hydrogens (tertiary/aromatic N) is 2. The highest BCUT2D eigenvalue weighted by Gasteiger charge is 2.31. The van der Waals surface area contributed by atoms with Crippen LogP contribution in [0.5, 0.6) is 11.5 Å². The SMILES string of the molecule is COc1cccc2c1c(=O)c(C(=O)O)nn2-c1ccc(OC(F)(F)F)cc1. The number of carbonyl (C=O) groups is 1. The van der Waals surface area contributed by atoms with Crippen molar-refractivity contribution in [3.8, 4) is 17.2 Å². The maximum absolute atomic E-state index is 12.5. The van der Waals surface area contributed by atoms with Crippen molar-refractivity contribution >= 4 is 16.9 Å². The minimum absolute atomic E-state index is 0.0111. The summed E-state index contributed by atoms with van der Waals surface area (Å²) >= 11 is 0. The Balaban J connectivity index is 2.24. The molecule has 0 atom stereocenters. The molecule has 10 heteroatoms. The second kappa shape index (κ2) is 6.63. The average molecular weight is 380 g/mol. The second-order valence-electron chi connectivity index (χ2n) is 5.29. The third-order valence-electron chi connectivity index (χ3n) is 3.61. The average Bonchev–Trinajstić information content (AvgIpc) is 2.61. The summed E-state index contributed by atoms with van der Waals surface area (Å²) in [5.41, 5.74) is -1.12. The molecular weight excluding hydrogens is 369 g/mol. The van der Waals surface area contributed by atoms with Gasteiger partial charge in [0.2, 0.25) is 11.1 Å². The molecule has 0 saturated carbocycles. The highest BCUT2D eigenvalue weighted by atomic mass is 19.4. The minimum atomic E-state index is -4.84. The molecule has 0 aliphatic carbocycles. The van der Waals surface area contributed by atoms with Gasteiger partial charge in [-0.1, -0.05) is 6.07 Å². The third-order valence-corrected chi connectivity index (χ3v) is 3.61. The van der Waals surface area contributed by atoms with Crippen molar-refractivity contribution in [2.75, 3.05) is 7.11 Å². The van der Waals surface area contributed by atoms with Gasteiger partial charge < -0.3 is 14.6 Å². The van der Waals surface area contributed by atoms with Crippen molar-refractivity contribution < 1.29 is 32.5 Å². The summed E-state index contributed by atoms with van der Waals surface area (Å²) in [4.78, 5) is 23.9. The monoisotopic (exact) mass is 380 g/mol. The summed E-state index contributed by atoms with van der Waals surface area (Å²) in [5.74, 6) is -1.85. The number of methoxy groups -OCH3 is 1. The summed E-state index contributed by atoms with van der Waals surface area (Å²) < 4.78 is 46.9. The highest BCUT2D eigenvalue weighted by Crippen LogP contribution is 2.26. The number of hydrogen-bond acceptors (Lipinski definition) is 5. The van der Waals surface area contributed by atoms with Crippen LogP contribution in [0.25, 0.3) is 16.6 Å². The van der Waals surface area contributed by atoms with E-state index in [0.717, 1.165) is 16.8 Å². The predicted octanol–water partition coefficient (Wildman–Crippen LogP) is 2.99. The predicted molar refractivity (Wildman–Crippen MR) is 87.5 cm³/mol. The van der Waals surface area contributed by atoms with Crippen molar-refractivity contribution in [3.63, 3.8) is 0 Å². The van der Waals surface area contributed by atoms with Gasteiger partial charge in [-0.2, -0.15) is 5.10 Å². The van der Waals surface area contributed by atoms with Crippen LogP contribution < -0.4 is 14.9 Å². The van der Waals surface area contributed by atoms with Gasteiger partial charge in [-0.05, 0) is 36.4 Å². The number of ether oxygens (including phenoxy) is 2. The summed E-state index contributed by atoms with van der Waals surface area (Å²) in [6.07, 6.45) is -4.84. The lowest BCUT2D eigenvalue weighted by Crippen LogP contribution is -2.22.